The van der Waals surface area contributed by atoms with E-state index in [-0.39, 0.29) is 0 Å². The number of hydrogen-bond donors (Lipinski definition) is 1. The first kappa shape index (κ1) is 11.1. The number of aromatic nitrogens is 5. The topological polar surface area (TPSA) is 85.2 Å². The van der Waals surface area contributed by atoms with Crippen molar-refractivity contribution in [2.75, 3.05) is 18.0 Å². The third-order valence-corrected chi connectivity index (χ3v) is 4.57. The molecule has 0 bridgehead atoms. The molecule has 100 valence electrons. The van der Waals surface area contributed by atoms with Crippen molar-refractivity contribution in [1.29, 1.82) is 0 Å². The molecule has 1 aliphatic heterocycles. The van der Waals surface area contributed by atoms with Crippen molar-refractivity contribution in [2.45, 2.75) is 25.3 Å². The van der Waals surface area contributed by atoms with E-state index in [9.17, 15) is 0 Å². The van der Waals surface area contributed by atoms with Gasteiger partial charge in [-0.2, -0.15) is 4.52 Å². The molecule has 2 aliphatic rings. The molecule has 19 heavy (non-hydrogen) atoms. The second-order valence-corrected chi connectivity index (χ2v) is 5.64. The van der Waals surface area contributed by atoms with Crippen LogP contribution in [0, 0.1) is 11.8 Å². The van der Waals surface area contributed by atoms with Gasteiger partial charge in [-0.15, -0.1) is 5.10 Å². The maximum Gasteiger partial charge on any atom is 0.199 e. The molecule has 7 heteroatoms. The van der Waals surface area contributed by atoms with Gasteiger partial charge in [0.1, 0.15) is 0 Å². The number of tetrazole rings is 1. The molecule has 1 saturated heterocycles. The monoisotopic (exact) mass is 259 g/mol. The fraction of sp³-hybridized carbons (Fsp3) is 0.667. The summed E-state index contributed by atoms with van der Waals surface area (Å²) in [4.78, 5) is 6.56. The minimum absolute atomic E-state index is 0.338. The number of fused-ring (bicyclic) bond motifs is 2. The normalized spacial score (nSPS) is 30.8. The third kappa shape index (κ3) is 1.68. The van der Waals surface area contributed by atoms with Gasteiger partial charge >= 0.3 is 0 Å². The van der Waals surface area contributed by atoms with Crippen LogP contribution in [-0.4, -0.2) is 44.2 Å². The lowest BCUT2D eigenvalue weighted by molar-refractivity contribution is 0.260. The summed E-state index contributed by atoms with van der Waals surface area (Å²) in [7, 11) is 0. The quantitative estimate of drug-likeness (QED) is 0.781. The first-order valence-corrected chi connectivity index (χ1v) is 6.85. The highest BCUT2D eigenvalue weighted by Crippen LogP contribution is 2.37. The van der Waals surface area contributed by atoms with Gasteiger partial charge in [0.05, 0.1) is 12.4 Å². The molecule has 0 amide bonds. The molecule has 0 aromatic carbocycles. The molecule has 3 heterocycles. The van der Waals surface area contributed by atoms with Gasteiger partial charge in [0.25, 0.3) is 0 Å². The number of hydrogen-bond acceptors (Lipinski definition) is 6. The van der Waals surface area contributed by atoms with Crippen LogP contribution < -0.4 is 10.6 Å². The van der Waals surface area contributed by atoms with E-state index in [1.54, 1.807) is 10.7 Å². The predicted octanol–water partition coefficient (Wildman–Crippen LogP) is 0.0829. The Morgan fingerprint density at radius 3 is 3.05 bits per heavy atom. The summed E-state index contributed by atoms with van der Waals surface area (Å²) in [5.74, 6) is 2.28. The summed E-state index contributed by atoms with van der Waals surface area (Å²) >= 11 is 0. The van der Waals surface area contributed by atoms with Gasteiger partial charge in [0.2, 0.25) is 0 Å². The Bertz CT molecular complexity index is 595. The van der Waals surface area contributed by atoms with E-state index >= 15 is 0 Å². The summed E-state index contributed by atoms with van der Waals surface area (Å²) < 4.78 is 1.76. The molecule has 2 N–H and O–H groups in total. The molecule has 0 spiro atoms. The maximum absolute atomic E-state index is 6.26. The number of anilines is 1. The zero-order valence-corrected chi connectivity index (χ0v) is 10.7. The molecule has 1 saturated carbocycles. The smallest absolute Gasteiger partial charge is 0.199 e. The van der Waals surface area contributed by atoms with E-state index in [4.69, 9.17) is 5.73 Å². The van der Waals surface area contributed by atoms with Crippen molar-refractivity contribution in [3.8, 4) is 0 Å². The molecule has 2 aromatic rings. The zero-order valence-electron chi connectivity index (χ0n) is 10.7. The third-order valence-electron chi connectivity index (χ3n) is 4.57. The first-order valence-electron chi connectivity index (χ1n) is 6.85. The highest BCUT2D eigenvalue weighted by molar-refractivity contribution is 5.47. The molecular weight excluding hydrogens is 242 g/mol. The van der Waals surface area contributed by atoms with Crippen molar-refractivity contribution in [3.05, 3.63) is 12.4 Å². The van der Waals surface area contributed by atoms with Crippen LogP contribution in [0.2, 0.25) is 0 Å². The lowest BCUT2D eigenvalue weighted by Gasteiger charge is -2.29. The van der Waals surface area contributed by atoms with Gasteiger partial charge in [0.15, 0.2) is 11.5 Å². The Morgan fingerprint density at radius 2 is 2.16 bits per heavy atom. The van der Waals surface area contributed by atoms with Gasteiger partial charge in [-0.05, 0) is 35.1 Å². The molecule has 2 fully saturated rings. The Balaban J connectivity index is 1.68. The highest BCUT2D eigenvalue weighted by Gasteiger charge is 2.39. The van der Waals surface area contributed by atoms with Crippen LogP contribution in [0.15, 0.2) is 12.4 Å². The predicted molar refractivity (Wildman–Crippen MR) is 69.6 cm³/mol. The Morgan fingerprint density at radius 1 is 1.21 bits per heavy atom. The summed E-state index contributed by atoms with van der Waals surface area (Å²) in [5.41, 5.74) is 6.95. The molecule has 2 aromatic heterocycles. The van der Waals surface area contributed by atoms with E-state index in [2.05, 4.69) is 25.4 Å². The van der Waals surface area contributed by atoms with Gasteiger partial charge in [-0.25, -0.2) is 0 Å². The van der Waals surface area contributed by atoms with Crippen LogP contribution in [0.5, 0.6) is 0 Å². The number of rotatable bonds is 1. The van der Waals surface area contributed by atoms with Crippen LogP contribution in [0.1, 0.15) is 19.3 Å². The summed E-state index contributed by atoms with van der Waals surface area (Å²) in [5, 5.41) is 11.7. The summed E-state index contributed by atoms with van der Waals surface area (Å²) in [6, 6.07) is 0.338. The Kier molecular flexibility index (Phi) is 2.41. The molecule has 1 aliphatic carbocycles. The standard InChI is InChI=1S/C12H17N7/c13-10-3-1-2-8-6-18(7-9(8)10)12-5-14-4-11-15-16-17-19(11)12/h4-5,8-10H,1-3,6-7,13H2. The van der Waals surface area contributed by atoms with Crippen molar-refractivity contribution in [2.24, 2.45) is 17.6 Å². The van der Waals surface area contributed by atoms with Gasteiger partial charge in [-0.1, -0.05) is 6.42 Å². The van der Waals surface area contributed by atoms with E-state index in [0.29, 0.717) is 23.5 Å². The van der Waals surface area contributed by atoms with Crippen molar-refractivity contribution in [3.63, 3.8) is 0 Å². The lowest BCUT2D eigenvalue weighted by atomic mass is 9.78. The van der Waals surface area contributed by atoms with Crippen molar-refractivity contribution in [1.82, 2.24) is 25.0 Å². The highest BCUT2D eigenvalue weighted by atomic mass is 15.5. The molecule has 3 unspecified atom stereocenters. The van der Waals surface area contributed by atoms with E-state index in [1.165, 1.54) is 12.8 Å². The first-order chi connectivity index (χ1) is 9.33. The average Bonchev–Trinajstić information content (AvgIpc) is 3.05. The molecule has 0 radical (unpaired) electrons. The van der Waals surface area contributed by atoms with Gasteiger partial charge < -0.3 is 10.6 Å². The Hall–Kier alpha value is -1.76. The van der Waals surface area contributed by atoms with Crippen LogP contribution in [0.3, 0.4) is 0 Å². The maximum atomic E-state index is 6.26. The van der Waals surface area contributed by atoms with E-state index < -0.39 is 0 Å². The van der Waals surface area contributed by atoms with Crippen LogP contribution in [-0.2, 0) is 0 Å². The molecular formula is C12H17N7. The van der Waals surface area contributed by atoms with Crippen LogP contribution in [0.25, 0.3) is 5.65 Å². The van der Waals surface area contributed by atoms with Crippen LogP contribution >= 0.6 is 0 Å². The van der Waals surface area contributed by atoms with Crippen molar-refractivity contribution < 1.29 is 0 Å². The summed E-state index contributed by atoms with van der Waals surface area (Å²) in [6.07, 6.45) is 7.21. The lowest BCUT2D eigenvalue weighted by Crippen LogP contribution is -2.38. The SMILES string of the molecule is NC1CCCC2CN(c3cncc4nnnn34)CC12. The van der Waals surface area contributed by atoms with Crippen molar-refractivity contribution >= 4 is 11.5 Å². The summed E-state index contributed by atoms with van der Waals surface area (Å²) in [6.45, 7) is 2.03. The van der Waals surface area contributed by atoms with Crippen LogP contribution in [0.4, 0.5) is 5.82 Å². The largest absolute Gasteiger partial charge is 0.355 e. The van der Waals surface area contributed by atoms with E-state index in [0.717, 1.165) is 25.3 Å². The molecule has 7 nitrogen and oxygen atoms in total. The fourth-order valence-corrected chi connectivity index (χ4v) is 3.58. The van der Waals surface area contributed by atoms with Gasteiger partial charge in [0, 0.05) is 19.1 Å². The Labute approximate surface area is 110 Å². The number of nitrogens with two attached hydrogens (primary N) is 1. The second-order valence-electron chi connectivity index (χ2n) is 5.64. The minimum atomic E-state index is 0.338. The zero-order chi connectivity index (χ0) is 12.8. The number of nitrogens with zero attached hydrogens (tertiary/aromatic N) is 6. The molecule has 4 rings (SSSR count). The fourth-order valence-electron chi connectivity index (χ4n) is 3.58. The minimum Gasteiger partial charge on any atom is -0.355 e. The average molecular weight is 259 g/mol. The van der Waals surface area contributed by atoms with Gasteiger partial charge in [-0.3, -0.25) is 4.98 Å². The second kappa shape index (κ2) is 4.12. The van der Waals surface area contributed by atoms with E-state index in [1.807, 2.05) is 6.20 Å². The molecule has 3 atom stereocenters.